The van der Waals surface area contributed by atoms with Gasteiger partial charge in [-0.15, -0.1) is 0 Å². The molecule has 1 aliphatic heterocycles. The third-order valence-corrected chi connectivity index (χ3v) is 7.90. The van der Waals surface area contributed by atoms with E-state index in [2.05, 4.69) is 54.4 Å². The zero-order valence-corrected chi connectivity index (χ0v) is 22.5. The molecule has 0 spiro atoms. The number of nitrogens with one attached hydrogen (secondary N) is 3. The minimum Gasteiger partial charge on any atom is -0.361 e. The highest BCUT2D eigenvalue weighted by Gasteiger charge is 2.24. The molecule has 3 N–H and O–H groups in total. The van der Waals surface area contributed by atoms with E-state index < -0.39 is 11.0 Å². The minimum absolute atomic E-state index is 0.444. The third-order valence-electron chi connectivity index (χ3n) is 6.42. The molecule has 4 aromatic rings. The van der Waals surface area contributed by atoms with Crippen LogP contribution in [0.4, 0.5) is 23.1 Å². The molecule has 9 nitrogen and oxygen atoms in total. The van der Waals surface area contributed by atoms with Gasteiger partial charge in [0.1, 0.15) is 22.6 Å². The largest absolute Gasteiger partial charge is 0.361 e. The van der Waals surface area contributed by atoms with Gasteiger partial charge in [-0.05, 0) is 81.6 Å². The second kappa shape index (κ2) is 12.3. The second-order valence-corrected chi connectivity index (χ2v) is 11.1. The fraction of sp³-hybridized carbons (Fsp3) is 0.321. The van der Waals surface area contributed by atoms with Crippen LogP contribution in [-0.2, 0) is 17.5 Å². The van der Waals surface area contributed by atoms with Gasteiger partial charge in [-0.2, -0.15) is 4.98 Å². The van der Waals surface area contributed by atoms with Gasteiger partial charge in [0.2, 0.25) is 5.95 Å². The summed E-state index contributed by atoms with van der Waals surface area (Å²) in [5.74, 6) is 2.45. The Kier molecular flexibility index (Phi) is 8.42. The van der Waals surface area contributed by atoms with E-state index in [1.807, 2.05) is 55.5 Å². The first kappa shape index (κ1) is 26.0. The molecule has 0 saturated carbocycles. The van der Waals surface area contributed by atoms with E-state index in [-0.39, 0.29) is 0 Å². The van der Waals surface area contributed by atoms with Crippen LogP contribution in [0.1, 0.15) is 29.9 Å². The van der Waals surface area contributed by atoms with Crippen molar-refractivity contribution in [2.24, 2.45) is 5.92 Å². The van der Waals surface area contributed by atoms with E-state index in [9.17, 15) is 4.21 Å². The molecule has 0 aliphatic carbocycles. The molecule has 198 valence electrons. The SMILES string of the molecule is Cc1ccc(Nc2ccnc(Nc3ccc(S(=O)N4CCCC(CNCc5cc(C)on5)C4)cc3)n2)cc1. The van der Waals surface area contributed by atoms with Crippen LogP contribution >= 0.6 is 0 Å². The number of hydrogen-bond donors (Lipinski definition) is 3. The molecule has 1 saturated heterocycles. The molecule has 1 aliphatic rings. The molecule has 5 rings (SSSR count). The molecule has 38 heavy (non-hydrogen) atoms. The molecule has 2 aromatic heterocycles. The average molecular weight is 532 g/mol. The highest BCUT2D eigenvalue weighted by atomic mass is 32.2. The molecule has 10 heteroatoms. The Morgan fingerprint density at radius 3 is 2.55 bits per heavy atom. The summed E-state index contributed by atoms with van der Waals surface area (Å²) in [6.07, 6.45) is 3.87. The van der Waals surface area contributed by atoms with Crippen molar-refractivity contribution in [1.82, 2.24) is 24.7 Å². The maximum Gasteiger partial charge on any atom is 0.229 e. The van der Waals surface area contributed by atoms with Gasteiger partial charge in [0.05, 0.1) is 10.6 Å². The summed E-state index contributed by atoms with van der Waals surface area (Å²) in [6, 6.07) is 19.6. The number of piperidine rings is 1. The normalized spacial score (nSPS) is 16.7. The Labute approximate surface area is 225 Å². The average Bonchev–Trinajstić information content (AvgIpc) is 3.35. The van der Waals surface area contributed by atoms with Crippen LogP contribution in [0.5, 0.6) is 0 Å². The van der Waals surface area contributed by atoms with Crippen LogP contribution in [0, 0.1) is 19.8 Å². The summed E-state index contributed by atoms with van der Waals surface area (Å²) in [5.41, 5.74) is 3.92. The Morgan fingerprint density at radius 1 is 1.03 bits per heavy atom. The maximum absolute atomic E-state index is 13.3. The van der Waals surface area contributed by atoms with Crippen molar-refractivity contribution in [2.45, 2.75) is 38.1 Å². The van der Waals surface area contributed by atoms with Gasteiger partial charge in [-0.3, -0.25) is 0 Å². The van der Waals surface area contributed by atoms with Gasteiger partial charge >= 0.3 is 0 Å². The first-order chi connectivity index (χ1) is 18.5. The van der Waals surface area contributed by atoms with Crippen LogP contribution < -0.4 is 16.0 Å². The number of rotatable bonds is 10. The van der Waals surface area contributed by atoms with Crippen molar-refractivity contribution < 1.29 is 8.73 Å². The molecular formula is C28H33N7O2S. The van der Waals surface area contributed by atoms with Crippen molar-refractivity contribution in [2.75, 3.05) is 30.3 Å². The smallest absolute Gasteiger partial charge is 0.229 e. The summed E-state index contributed by atoms with van der Waals surface area (Å²) in [7, 11) is -1.20. The molecule has 0 amide bonds. The molecule has 3 heterocycles. The maximum atomic E-state index is 13.3. The van der Waals surface area contributed by atoms with Crippen molar-refractivity contribution in [3.8, 4) is 0 Å². The Balaban J connectivity index is 1.14. The first-order valence-electron chi connectivity index (χ1n) is 12.9. The molecule has 2 atom stereocenters. The lowest BCUT2D eigenvalue weighted by atomic mass is 10.00. The van der Waals surface area contributed by atoms with Gasteiger partial charge in [0, 0.05) is 43.3 Å². The highest BCUT2D eigenvalue weighted by Crippen LogP contribution is 2.23. The molecule has 2 aromatic carbocycles. The quantitative estimate of drug-likeness (QED) is 0.260. The summed E-state index contributed by atoms with van der Waals surface area (Å²) in [6.45, 7) is 7.12. The number of aryl methyl sites for hydroxylation is 2. The lowest BCUT2D eigenvalue weighted by molar-refractivity contribution is 0.268. The highest BCUT2D eigenvalue weighted by molar-refractivity contribution is 7.82. The van der Waals surface area contributed by atoms with E-state index in [1.165, 1.54) is 5.56 Å². The van der Waals surface area contributed by atoms with Crippen molar-refractivity contribution in [3.05, 3.63) is 83.9 Å². The molecule has 1 fully saturated rings. The summed E-state index contributed by atoms with van der Waals surface area (Å²) in [5, 5.41) is 14.0. The standard InChI is InChI=1S/C28H33N7O2S/c1-20-5-7-23(8-6-20)31-27-13-14-30-28(33-27)32-24-9-11-26(12-10-24)38(36)35-15-3-4-22(19-35)17-29-18-25-16-21(2)37-34-25/h5-14,16,22,29H,3-4,15,17-19H2,1-2H3,(H2,30,31,32,33). The third kappa shape index (κ3) is 7.03. The number of hydrogen-bond acceptors (Lipinski definition) is 8. The van der Waals surface area contributed by atoms with E-state index in [0.29, 0.717) is 24.2 Å². The number of nitrogens with zero attached hydrogens (tertiary/aromatic N) is 4. The minimum atomic E-state index is -1.20. The monoisotopic (exact) mass is 531 g/mol. The van der Waals surface area contributed by atoms with Crippen LogP contribution in [0.15, 0.2) is 76.3 Å². The fourth-order valence-electron chi connectivity index (χ4n) is 4.46. The molecule has 0 radical (unpaired) electrons. The Morgan fingerprint density at radius 2 is 1.79 bits per heavy atom. The van der Waals surface area contributed by atoms with Gasteiger partial charge in [-0.1, -0.05) is 22.9 Å². The lowest BCUT2D eigenvalue weighted by Gasteiger charge is -2.31. The van der Waals surface area contributed by atoms with Crippen molar-refractivity contribution in [1.29, 1.82) is 0 Å². The van der Waals surface area contributed by atoms with Crippen LogP contribution in [0.3, 0.4) is 0 Å². The lowest BCUT2D eigenvalue weighted by Crippen LogP contribution is -2.40. The Bertz CT molecular complexity index is 1360. The van der Waals surface area contributed by atoms with Crippen LogP contribution in [0.2, 0.25) is 0 Å². The van der Waals surface area contributed by atoms with Crippen molar-refractivity contribution in [3.63, 3.8) is 0 Å². The van der Waals surface area contributed by atoms with E-state index >= 15 is 0 Å². The number of anilines is 4. The zero-order valence-electron chi connectivity index (χ0n) is 21.7. The predicted octanol–water partition coefficient (Wildman–Crippen LogP) is 5.09. The van der Waals surface area contributed by atoms with Gasteiger partial charge in [-0.25, -0.2) is 13.5 Å². The summed E-state index contributed by atoms with van der Waals surface area (Å²) < 4.78 is 20.5. The van der Waals surface area contributed by atoms with E-state index in [0.717, 1.165) is 60.2 Å². The molecule has 2 unspecified atom stereocenters. The number of aromatic nitrogens is 3. The van der Waals surface area contributed by atoms with Crippen molar-refractivity contribution >= 4 is 34.1 Å². The molecular weight excluding hydrogens is 498 g/mol. The van der Waals surface area contributed by atoms with E-state index in [1.54, 1.807) is 6.20 Å². The van der Waals surface area contributed by atoms with Crippen LogP contribution in [-0.4, -0.2) is 43.3 Å². The number of benzene rings is 2. The van der Waals surface area contributed by atoms with Gasteiger partial charge < -0.3 is 20.5 Å². The second-order valence-electron chi connectivity index (χ2n) is 9.61. The molecule has 0 bridgehead atoms. The summed E-state index contributed by atoms with van der Waals surface area (Å²) in [4.78, 5) is 9.67. The van der Waals surface area contributed by atoms with E-state index in [4.69, 9.17) is 4.52 Å². The Hall–Kier alpha value is -3.60. The topological polar surface area (TPSA) is 108 Å². The zero-order chi connectivity index (χ0) is 26.3. The fourth-order valence-corrected chi connectivity index (χ4v) is 5.76. The van der Waals surface area contributed by atoms with Gasteiger partial charge in [0.15, 0.2) is 0 Å². The van der Waals surface area contributed by atoms with Crippen LogP contribution in [0.25, 0.3) is 0 Å². The summed E-state index contributed by atoms with van der Waals surface area (Å²) >= 11 is 0. The first-order valence-corrected chi connectivity index (χ1v) is 14.0. The predicted molar refractivity (Wildman–Crippen MR) is 150 cm³/mol. The van der Waals surface area contributed by atoms with Gasteiger partial charge in [0.25, 0.3) is 0 Å².